The summed E-state index contributed by atoms with van der Waals surface area (Å²) in [6, 6.07) is 7.65. The fourth-order valence-corrected chi connectivity index (χ4v) is 3.47. The molecule has 0 N–H and O–H groups in total. The molecule has 0 aliphatic heterocycles. The molecule has 0 radical (unpaired) electrons. The van der Waals surface area contributed by atoms with E-state index in [9.17, 15) is 4.79 Å². The molecule has 0 saturated heterocycles. The van der Waals surface area contributed by atoms with Gasteiger partial charge in [-0.2, -0.15) is 5.10 Å². The van der Waals surface area contributed by atoms with Crippen molar-refractivity contribution in [2.75, 3.05) is 0 Å². The van der Waals surface area contributed by atoms with Crippen LogP contribution >= 0.6 is 11.3 Å². The summed E-state index contributed by atoms with van der Waals surface area (Å²) in [5.74, 6) is -0.0550. The predicted octanol–water partition coefficient (Wildman–Crippen LogP) is 2.74. The standard InChI is InChI=1S/C16H18N4OS/c1-10(2)17-14-7-5-6-8-20(14)15(21)13-9-12-11(3)18-19(4)16(12)22-13/h5-10H,1-4H3. The molecule has 0 saturated carbocycles. The van der Waals surface area contributed by atoms with Gasteiger partial charge in [-0.05, 0) is 39.0 Å². The van der Waals surface area contributed by atoms with Crippen molar-refractivity contribution < 1.29 is 4.79 Å². The van der Waals surface area contributed by atoms with Crippen LogP contribution in [0.1, 0.15) is 29.2 Å². The molecule has 0 aliphatic rings. The van der Waals surface area contributed by atoms with Crippen LogP contribution in [0.2, 0.25) is 0 Å². The average molecular weight is 314 g/mol. The number of thiophene rings is 1. The Balaban J connectivity index is 2.12. The second kappa shape index (κ2) is 5.53. The van der Waals surface area contributed by atoms with Gasteiger partial charge in [0.15, 0.2) is 0 Å². The maximum atomic E-state index is 12.8. The Labute approximate surface area is 132 Å². The van der Waals surface area contributed by atoms with Gasteiger partial charge in [0, 0.05) is 24.7 Å². The van der Waals surface area contributed by atoms with Gasteiger partial charge in [0.25, 0.3) is 5.91 Å². The zero-order valence-electron chi connectivity index (χ0n) is 13.1. The third-order valence-corrected chi connectivity index (χ3v) is 4.54. The first-order valence-corrected chi connectivity index (χ1v) is 7.98. The second-order valence-corrected chi connectivity index (χ2v) is 6.53. The van der Waals surface area contributed by atoms with Crippen molar-refractivity contribution in [3.8, 4) is 0 Å². The van der Waals surface area contributed by atoms with Crippen LogP contribution in [0.5, 0.6) is 0 Å². The molecule has 3 rings (SSSR count). The van der Waals surface area contributed by atoms with E-state index in [4.69, 9.17) is 0 Å². The van der Waals surface area contributed by atoms with E-state index < -0.39 is 0 Å². The van der Waals surface area contributed by atoms with Crippen molar-refractivity contribution in [2.24, 2.45) is 12.0 Å². The van der Waals surface area contributed by atoms with Crippen molar-refractivity contribution in [3.05, 3.63) is 46.5 Å². The van der Waals surface area contributed by atoms with Crippen molar-refractivity contribution >= 4 is 27.5 Å². The summed E-state index contributed by atoms with van der Waals surface area (Å²) < 4.78 is 3.43. The van der Waals surface area contributed by atoms with Crippen LogP contribution in [0.3, 0.4) is 0 Å². The van der Waals surface area contributed by atoms with E-state index in [1.54, 1.807) is 10.8 Å². The van der Waals surface area contributed by atoms with Gasteiger partial charge < -0.3 is 0 Å². The van der Waals surface area contributed by atoms with Gasteiger partial charge in [-0.15, -0.1) is 11.3 Å². The van der Waals surface area contributed by atoms with E-state index in [-0.39, 0.29) is 11.9 Å². The molecule has 0 amide bonds. The number of pyridine rings is 1. The van der Waals surface area contributed by atoms with Gasteiger partial charge in [-0.1, -0.05) is 6.07 Å². The lowest BCUT2D eigenvalue weighted by Gasteiger charge is -2.05. The monoisotopic (exact) mass is 314 g/mol. The Hall–Kier alpha value is -2.21. The highest BCUT2D eigenvalue weighted by Gasteiger charge is 2.16. The molecule has 0 aromatic carbocycles. The van der Waals surface area contributed by atoms with E-state index >= 15 is 0 Å². The second-order valence-electron chi connectivity index (χ2n) is 5.50. The van der Waals surface area contributed by atoms with Crippen LogP contribution in [-0.2, 0) is 7.05 Å². The summed E-state index contributed by atoms with van der Waals surface area (Å²) in [6.07, 6.45) is 1.76. The van der Waals surface area contributed by atoms with Gasteiger partial charge in [0.05, 0.1) is 10.6 Å². The van der Waals surface area contributed by atoms with Crippen LogP contribution in [-0.4, -0.2) is 26.3 Å². The number of fused-ring (bicyclic) bond motifs is 1. The Kier molecular flexibility index (Phi) is 3.70. The fourth-order valence-electron chi connectivity index (χ4n) is 2.40. The van der Waals surface area contributed by atoms with Gasteiger partial charge in [0.1, 0.15) is 10.3 Å². The van der Waals surface area contributed by atoms with Crippen LogP contribution < -0.4 is 5.49 Å². The summed E-state index contributed by atoms with van der Waals surface area (Å²) in [6.45, 7) is 5.95. The van der Waals surface area contributed by atoms with Crippen LogP contribution in [0.15, 0.2) is 35.5 Å². The summed E-state index contributed by atoms with van der Waals surface area (Å²) in [4.78, 5) is 19.0. The molecule has 0 fully saturated rings. The molecule has 3 heterocycles. The minimum Gasteiger partial charge on any atom is -0.267 e. The number of rotatable bonds is 2. The predicted molar refractivity (Wildman–Crippen MR) is 88.2 cm³/mol. The first-order valence-electron chi connectivity index (χ1n) is 7.16. The lowest BCUT2D eigenvalue weighted by Crippen LogP contribution is -2.27. The molecule has 6 heteroatoms. The molecular formula is C16H18N4OS. The van der Waals surface area contributed by atoms with Crippen molar-refractivity contribution in [2.45, 2.75) is 26.8 Å². The smallest absolute Gasteiger partial charge is 0.267 e. The number of carbonyl (C=O) groups excluding carboxylic acids is 1. The quantitative estimate of drug-likeness (QED) is 0.730. The summed E-state index contributed by atoms with van der Waals surface area (Å²) in [5, 5.41) is 5.41. The highest BCUT2D eigenvalue weighted by Crippen LogP contribution is 2.27. The molecular weight excluding hydrogens is 296 g/mol. The van der Waals surface area contributed by atoms with Crippen LogP contribution in [0.4, 0.5) is 0 Å². The van der Waals surface area contributed by atoms with E-state index in [2.05, 4.69) is 10.1 Å². The van der Waals surface area contributed by atoms with Crippen molar-refractivity contribution in [1.29, 1.82) is 0 Å². The highest BCUT2D eigenvalue weighted by molar-refractivity contribution is 7.20. The number of hydrogen-bond acceptors (Lipinski definition) is 4. The summed E-state index contributed by atoms with van der Waals surface area (Å²) in [5.41, 5.74) is 1.62. The molecule has 3 aromatic heterocycles. The first kappa shape index (κ1) is 14.7. The minimum atomic E-state index is -0.0550. The molecule has 0 aliphatic carbocycles. The lowest BCUT2D eigenvalue weighted by molar-refractivity contribution is 0.0958. The van der Waals surface area contributed by atoms with Crippen LogP contribution in [0.25, 0.3) is 10.2 Å². The largest absolute Gasteiger partial charge is 0.273 e. The Bertz CT molecular complexity index is 879. The SMILES string of the molecule is Cc1nn(C)c2sc(C(=O)n3ccccc3=NC(C)C)cc12. The van der Waals surface area contributed by atoms with E-state index in [1.807, 2.05) is 56.8 Å². The van der Waals surface area contributed by atoms with E-state index in [0.717, 1.165) is 15.9 Å². The summed E-state index contributed by atoms with van der Waals surface area (Å²) in [7, 11) is 1.90. The maximum Gasteiger partial charge on any atom is 0.273 e. The number of carbonyl (C=O) groups is 1. The Morgan fingerprint density at radius 1 is 1.36 bits per heavy atom. The third kappa shape index (κ3) is 2.50. The van der Waals surface area contributed by atoms with Gasteiger partial charge in [-0.25, -0.2) is 0 Å². The third-order valence-electron chi connectivity index (χ3n) is 3.35. The number of hydrogen-bond donors (Lipinski definition) is 0. The molecule has 0 bridgehead atoms. The van der Waals surface area contributed by atoms with Crippen LogP contribution in [0, 0.1) is 6.92 Å². The topological polar surface area (TPSA) is 52.2 Å². The van der Waals surface area contributed by atoms with Crippen molar-refractivity contribution in [3.63, 3.8) is 0 Å². The average Bonchev–Trinajstić information content (AvgIpc) is 3.01. The highest BCUT2D eigenvalue weighted by atomic mass is 32.1. The fraction of sp³-hybridized carbons (Fsp3) is 0.312. The zero-order valence-corrected chi connectivity index (χ0v) is 13.9. The molecule has 0 unspecified atom stereocenters. The van der Waals surface area contributed by atoms with Gasteiger partial charge in [-0.3, -0.25) is 19.0 Å². The molecule has 22 heavy (non-hydrogen) atoms. The molecule has 5 nitrogen and oxygen atoms in total. The zero-order chi connectivity index (χ0) is 15.9. The van der Waals surface area contributed by atoms with E-state index in [0.29, 0.717) is 10.4 Å². The number of aryl methyl sites for hydroxylation is 2. The summed E-state index contributed by atoms with van der Waals surface area (Å²) >= 11 is 1.46. The number of nitrogens with zero attached hydrogens (tertiary/aromatic N) is 4. The van der Waals surface area contributed by atoms with Crippen molar-refractivity contribution in [1.82, 2.24) is 14.3 Å². The number of aromatic nitrogens is 3. The maximum absolute atomic E-state index is 12.8. The first-order chi connectivity index (χ1) is 10.5. The Morgan fingerprint density at radius 2 is 2.14 bits per heavy atom. The minimum absolute atomic E-state index is 0.0550. The van der Waals surface area contributed by atoms with Gasteiger partial charge >= 0.3 is 0 Å². The molecule has 0 atom stereocenters. The molecule has 0 spiro atoms. The van der Waals surface area contributed by atoms with Gasteiger partial charge in [0.2, 0.25) is 0 Å². The van der Waals surface area contributed by atoms with E-state index in [1.165, 1.54) is 11.3 Å². The normalized spacial score (nSPS) is 12.5. The Morgan fingerprint density at radius 3 is 2.82 bits per heavy atom. The lowest BCUT2D eigenvalue weighted by atomic mass is 10.3. The molecule has 114 valence electrons. The molecule has 3 aromatic rings.